The van der Waals surface area contributed by atoms with Gasteiger partial charge in [0, 0.05) is 19.6 Å². The third kappa shape index (κ3) is 4.62. The first-order valence-corrected chi connectivity index (χ1v) is 7.70. The zero-order valence-electron chi connectivity index (χ0n) is 13.3. The van der Waals surface area contributed by atoms with Crippen LogP contribution < -0.4 is 11.1 Å². The van der Waals surface area contributed by atoms with Gasteiger partial charge in [-0.2, -0.15) is 13.2 Å². The minimum Gasteiger partial charge on any atom is -0.355 e. The smallest absolute Gasteiger partial charge is 0.355 e. The van der Waals surface area contributed by atoms with Crippen molar-refractivity contribution < 1.29 is 18.0 Å². The third-order valence-corrected chi connectivity index (χ3v) is 4.24. The number of likely N-dealkylation sites (tertiary alicyclic amines) is 1. The zero-order valence-corrected chi connectivity index (χ0v) is 14.1. The van der Waals surface area contributed by atoms with Gasteiger partial charge < -0.3 is 11.1 Å². The van der Waals surface area contributed by atoms with E-state index in [0.29, 0.717) is 19.5 Å². The van der Waals surface area contributed by atoms with Crippen LogP contribution in [0, 0.1) is 5.41 Å². The number of nitrogens with two attached hydrogens (primary N) is 1. The second-order valence-electron chi connectivity index (χ2n) is 5.92. The lowest BCUT2D eigenvalue weighted by Crippen LogP contribution is -2.52. The molecule has 1 saturated heterocycles. The van der Waals surface area contributed by atoms with Gasteiger partial charge >= 0.3 is 6.18 Å². The van der Waals surface area contributed by atoms with Crippen molar-refractivity contribution in [3.05, 3.63) is 35.9 Å². The molecule has 1 aliphatic rings. The van der Waals surface area contributed by atoms with Crippen molar-refractivity contribution in [2.75, 3.05) is 26.2 Å². The molecule has 3 N–H and O–H groups in total. The predicted molar refractivity (Wildman–Crippen MR) is 88.8 cm³/mol. The average molecular weight is 366 g/mol. The van der Waals surface area contributed by atoms with E-state index in [0.717, 1.165) is 5.56 Å². The highest BCUT2D eigenvalue weighted by Crippen LogP contribution is 2.46. The maximum absolute atomic E-state index is 13.6. The molecule has 0 spiro atoms. The second-order valence-corrected chi connectivity index (χ2v) is 5.92. The molecule has 4 nitrogen and oxygen atoms in total. The molecule has 1 atom stereocenters. The van der Waals surface area contributed by atoms with Crippen molar-refractivity contribution in [1.82, 2.24) is 10.2 Å². The number of carbonyl (C=O) groups is 1. The number of benzene rings is 1. The molecule has 136 valence electrons. The number of hydrogen-bond acceptors (Lipinski definition) is 3. The Bertz CT molecular complexity index is 527. The standard InChI is InChI=1S/C16H22F3N3O.ClH/c17-16(18,19)15(14(23)21-9-4-8-20)7-10-22(12-15)11-13-5-2-1-3-6-13;/h1-3,5-6H,4,7-12,20H2,(H,21,23);1H. The molecule has 2 rings (SSSR count). The molecule has 1 amide bonds. The van der Waals surface area contributed by atoms with E-state index >= 15 is 0 Å². The van der Waals surface area contributed by atoms with Crippen molar-refractivity contribution in [2.45, 2.75) is 25.6 Å². The Morgan fingerprint density at radius 2 is 1.96 bits per heavy atom. The predicted octanol–water partition coefficient (Wildman–Crippen LogP) is 2.33. The van der Waals surface area contributed by atoms with Crippen LogP contribution in [0.3, 0.4) is 0 Å². The fourth-order valence-electron chi connectivity index (χ4n) is 2.88. The van der Waals surface area contributed by atoms with Crippen LogP contribution in [0.5, 0.6) is 0 Å². The average Bonchev–Trinajstić information content (AvgIpc) is 2.93. The van der Waals surface area contributed by atoms with Gasteiger partial charge in [-0.25, -0.2) is 0 Å². The summed E-state index contributed by atoms with van der Waals surface area (Å²) in [5.74, 6) is -0.936. The number of rotatable bonds is 6. The summed E-state index contributed by atoms with van der Waals surface area (Å²) in [4.78, 5) is 13.9. The van der Waals surface area contributed by atoms with Crippen LogP contribution in [0.25, 0.3) is 0 Å². The fraction of sp³-hybridized carbons (Fsp3) is 0.562. The third-order valence-electron chi connectivity index (χ3n) is 4.24. The Kier molecular flexibility index (Phi) is 7.51. The topological polar surface area (TPSA) is 58.4 Å². The molecule has 0 bridgehead atoms. The highest BCUT2D eigenvalue weighted by Gasteiger charge is 2.62. The van der Waals surface area contributed by atoms with Crippen molar-refractivity contribution in [3.63, 3.8) is 0 Å². The van der Waals surface area contributed by atoms with Gasteiger partial charge in [0.15, 0.2) is 5.41 Å². The van der Waals surface area contributed by atoms with E-state index in [9.17, 15) is 18.0 Å². The fourth-order valence-corrected chi connectivity index (χ4v) is 2.88. The van der Waals surface area contributed by atoms with Crippen molar-refractivity contribution in [1.29, 1.82) is 0 Å². The van der Waals surface area contributed by atoms with Crippen LogP contribution in [0.2, 0.25) is 0 Å². The molecule has 0 radical (unpaired) electrons. The molecule has 1 heterocycles. The van der Waals surface area contributed by atoms with Gasteiger partial charge in [-0.05, 0) is 31.5 Å². The quantitative estimate of drug-likeness (QED) is 0.761. The van der Waals surface area contributed by atoms with E-state index in [1.54, 1.807) is 4.90 Å². The normalized spacial score (nSPS) is 21.3. The number of nitrogens with one attached hydrogen (secondary N) is 1. The first-order valence-electron chi connectivity index (χ1n) is 7.70. The molecule has 24 heavy (non-hydrogen) atoms. The first-order chi connectivity index (χ1) is 10.9. The van der Waals surface area contributed by atoms with E-state index in [4.69, 9.17) is 5.73 Å². The summed E-state index contributed by atoms with van der Waals surface area (Å²) in [7, 11) is 0. The molecule has 1 aromatic rings. The minimum absolute atomic E-state index is 0. The van der Waals surface area contributed by atoms with Gasteiger partial charge in [0.2, 0.25) is 5.91 Å². The van der Waals surface area contributed by atoms with Gasteiger partial charge in [-0.3, -0.25) is 9.69 Å². The number of hydrogen-bond donors (Lipinski definition) is 2. The number of alkyl halides is 3. The highest BCUT2D eigenvalue weighted by molar-refractivity contribution is 5.85. The molecular weight excluding hydrogens is 343 g/mol. The number of amides is 1. The summed E-state index contributed by atoms with van der Waals surface area (Å²) in [6.07, 6.45) is -4.31. The van der Waals surface area contributed by atoms with Crippen molar-refractivity contribution in [3.8, 4) is 0 Å². The minimum atomic E-state index is -4.56. The Morgan fingerprint density at radius 1 is 1.29 bits per heavy atom. The summed E-state index contributed by atoms with van der Waals surface area (Å²) < 4.78 is 40.7. The van der Waals surface area contributed by atoms with E-state index < -0.39 is 17.5 Å². The summed E-state index contributed by atoms with van der Waals surface area (Å²) >= 11 is 0. The van der Waals surface area contributed by atoms with Gasteiger partial charge in [-0.15, -0.1) is 12.4 Å². The SMILES string of the molecule is Cl.NCCCNC(=O)C1(C(F)(F)F)CCN(Cc2ccccc2)C1. The summed E-state index contributed by atoms with van der Waals surface area (Å²) in [6, 6.07) is 9.30. The Morgan fingerprint density at radius 3 is 2.54 bits per heavy atom. The lowest BCUT2D eigenvalue weighted by atomic mass is 9.85. The molecule has 1 aliphatic heterocycles. The largest absolute Gasteiger partial charge is 0.404 e. The van der Waals surface area contributed by atoms with Gasteiger partial charge in [0.1, 0.15) is 0 Å². The Balaban J connectivity index is 0.00000288. The van der Waals surface area contributed by atoms with Gasteiger partial charge in [-0.1, -0.05) is 30.3 Å². The van der Waals surface area contributed by atoms with Crippen LogP contribution in [0.4, 0.5) is 13.2 Å². The van der Waals surface area contributed by atoms with Crippen LogP contribution in [0.15, 0.2) is 30.3 Å². The monoisotopic (exact) mass is 365 g/mol. The number of carbonyl (C=O) groups excluding carboxylic acids is 1. The first kappa shape index (κ1) is 20.7. The summed E-state index contributed by atoms with van der Waals surface area (Å²) in [6.45, 7) is 0.860. The lowest BCUT2D eigenvalue weighted by Gasteiger charge is -2.30. The molecule has 0 aromatic heterocycles. The van der Waals surface area contributed by atoms with Crippen LogP contribution in [-0.4, -0.2) is 43.2 Å². The zero-order chi connectivity index (χ0) is 16.9. The summed E-state index contributed by atoms with van der Waals surface area (Å²) in [5, 5.41) is 2.39. The maximum atomic E-state index is 13.6. The van der Waals surface area contributed by atoms with Gasteiger partial charge in [0.25, 0.3) is 0 Å². The molecule has 0 saturated carbocycles. The highest BCUT2D eigenvalue weighted by atomic mass is 35.5. The van der Waals surface area contributed by atoms with Crippen LogP contribution >= 0.6 is 12.4 Å². The van der Waals surface area contributed by atoms with E-state index in [-0.39, 0.29) is 38.5 Å². The molecular formula is C16H23ClF3N3O. The number of halogens is 4. The molecule has 1 aromatic carbocycles. The number of nitrogens with zero attached hydrogens (tertiary/aromatic N) is 1. The second kappa shape index (κ2) is 8.69. The van der Waals surface area contributed by atoms with E-state index in [1.807, 2.05) is 30.3 Å². The summed E-state index contributed by atoms with van der Waals surface area (Å²) in [5.41, 5.74) is 3.93. The Hall–Kier alpha value is -1.31. The van der Waals surface area contributed by atoms with Crippen molar-refractivity contribution >= 4 is 18.3 Å². The van der Waals surface area contributed by atoms with Gasteiger partial charge in [0.05, 0.1) is 0 Å². The Labute approximate surface area is 146 Å². The molecule has 1 fully saturated rings. The molecule has 0 aliphatic carbocycles. The van der Waals surface area contributed by atoms with Crippen LogP contribution in [-0.2, 0) is 11.3 Å². The van der Waals surface area contributed by atoms with Crippen LogP contribution in [0.1, 0.15) is 18.4 Å². The maximum Gasteiger partial charge on any atom is 0.404 e. The van der Waals surface area contributed by atoms with E-state index in [1.165, 1.54) is 0 Å². The van der Waals surface area contributed by atoms with E-state index in [2.05, 4.69) is 5.32 Å². The lowest BCUT2D eigenvalue weighted by molar-refractivity contribution is -0.218. The molecule has 8 heteroatoms. The molecule has 1 unspecified atom stereocenters. The van der Waals surface area contributed by atoms with Crippen molar-refractivity contribution in [2.24, 2.45) is 11.1 Å².